The molecule has 1 heterocycles. The Hall–Kier alpha value is -1.62. The second-order valence-electron chi connectivity index (χ2n) is 2.90. The van der Waals surface area contributed by atoms with Gasteiger partial charge in [-0.3, -0.25) is 4.79 Å². The number of rotatable bonds is 3. The van der Waals surface area contributed by atoms with Crippen molar-refractivity contribution in [2.75, 3.05) is 18.9 Å². The highest BCUT2D eigenvalue weighted by Crippen LogP contribution is 2.19. The Bertz CT molecular complexity index is 339. The van der Waals surface area contributed by atoms with Crippen LogP contribution in [0.25, 0.3) is 0 Å². The first-order valence-electron chi connectivity index (χ1n) is 4.24. The number of pyridine rings is 1. The molecular formula is C9H13N3O2. The molecule has 0 aliphatic carbocycles. The zero-order valence-corrected chi connectivity index (χ0v) is 8.16. The molecule has 0 atom stereocenters. The molecule has 1 amide bonds. The Kier molecular flexibility index (Phi) is 3.41. The zero-order chi connectivity index (χ0) is 10.6. The molecule has 5 nitrogen and oxygen atoms in total. The van der Waals surface area contributed by atoms with Crippen LogP contribution < -0.4 is 10.6 Å². The van der Waals surface area contributed by atoms with Gasteiger partial charge in [-0.05, 0) is 26.1 Å². The van der Waals surface area contributed by atoms with Crippen LogP contribution in [0.3, 0.4) is 0 Å². The lowest BCUT2D eigenvalue weighted by Gasteiger charge is -2.06. The van der Waals surface area contributed by atoms with Crippen molar-refractivity contribution in [2.24, 2.45) is 0 Å². The van der Waals surface area contributed by atoms with E-state index in [1.54, 1.807) is 20.0 Å². The van der Waals surface area contributed by atoms with E-state index in [2.05, 4.69) is 15.6 Å². The van der Waals surface area contributed by atoms with Crippen molar-refractivity contribution in [3.63, 3.8) is 0 Å². The lowest BCUT2D eigenvalue weighted by molar-refractivity contribution is -0.115. The summed E-state index contributed by atoms with van der Waals surface area (Å²) < 4.78 is 0. The predicted octanol–water partition coefficient (Wildman–Crippen LogP) is 0.254. The third-order valence-corrected chi connectivity index (χ3v) is 1.61. The lowest BCUT2D eigenvalue weighted by Crippen LogP contribution is -2.25. The van der Waals surface area contributed by atoms with Gasteiger partial charge in [0, 0.05) is 5.69 Å². The number of nitrogens with one attached hydrogen (secondary N) is 2. The molecule has 0 aromatic carbocycles. The molecule has 0 saturated heterocycles. The number of carbonyl (C=O) groups excluding carboxylic acids is 1. The average Bonchev–Trinajstić information content (AvgIpc) is 2.12. The second-order valence-corrected chi connectivity index (χ2v) is 2.90. The molecule has 1 rings (SSSR count). The van der Waals surface area contributed by atoms with Crippen molar-refractivity contribution in [1.29, 1.82) is 0 Å². The van der Waals surface area contributed by atoms with Gasteiger partial charge in [-0.1, -0.05) is 0 Å². The largest absolute Gasteiger partial charge is 0.504 e. The maximum atomic E-state index is 11.2. The van der Waals surface area contributed by atoms with Crippen LogP contribution in [0.2, 0.25) is 0 Å². The first kappa shape index (κ1) is 10.5. The molecule has 0 aliphatic heterocycles. The van der Waals surface area contributed by atoms with Gasteiger partial charge in [-0.15, -0.1) is 0 Å². The highest BCUT2D eigenvalue weighted by molar-refractivity contribution is 5.92. The van der Waals surface area contributed by atoms with Gasteiger partial charge in [0.1, 0.15) is 0 Å². The van der Waals surface area contributed by atoms with Gasteiger partial charge in [-0.2, -0.15) is 0 Å². The maximum absolute atomic E-state index is 11.2. The van der Waals surface area contributed by atoms with Gasteiger partial charge >= 0.3 is 0 Å². The van der Waals surface area contributed by atoms with E-state index in [1.165, 1.54) is 6.07 Å². The van der Waals surface area contributed by atoms with E-state index in [9.17, 15) is 9.90 Å². The smallest absolute Gasteiger partial charge is 0.239 e. The third kappa shape index (κ3) is 2.70. The lowest BCUT2D eigenvalue weighted by atomic mass is 10.3. The Morgan fingerprint density at radius 2 is 2.29 bits per heavy atom. The SMILES string of the molecule is CNCC(=O)Nc1nc(C)ccc1O. The van der Waals surface area contributed by atoms with Crippen LogP contribution in [0.4, 0.5) is 5.82 Å². The highest BCUT2D eigenvalue weighted by Gasteiger charge is 2.06. The molecule has 14 heavy (non-hydrogen) atoms. The van der Waals surface area contributed by atoms with E-state index in [0.29, 0.717) is 0 Å². The van der Waals surface area contributed by atoms with Gasteiger partial charge < -0.3 is 15.7 Å². The molecule has 1 aromatic rings. The first-order chi connectivity index (χ1) is 6.63. The summed E-state index contributed by atoms with van der Waals surface area (Å²) in [4.78, 5) is 15.1. The Morgan fingerprint density at radius 1 is 1.57 bits per heavy atom. The minimum atomic E-state index is -0.235. The highest BCUT2D eigenvalue weighted by atomic mass is 16.3. The summed E-state index contributed by atoms with van der Waals surface area (Å²) in [7, 11) is 1.67. The fourth-order valence-electron chi connectivity index (χ4n) is 0.978. The number of aryl methyl sites for hydroxylation is 1. The molecule has 0 radical (unpaired) electrons. The molecule has 76 valence electrons. The fraction of sp³-hybridized carbons (Fsp3) is 0.333. The fourth-order valence-corrected chi connectivity index (χ4v) is 0.978. The molecule has 5 heteroatoms. The minimum Gasteiger partial charge on any atom is -0.504 e. The van der Waals surface area contributed by atoms with Crippen molar-refractivity contribution in [3.05, 3.63) is 17.8 Å². The normalized spacial score (nSPS) is 9.86. The number of likely N-dealkylation sites (N-methyl/N-ethyl adjacent to an activating group) is 1. The number of aromatic hydroxyl groups is 1. The number of hydrogen-bond acceptors (Lipinski definition) is 4. The summed E-state index contributed by atoms with van der Waals surface area (Å²) in [6, 6.07) is 3.17. The summed E-state index contributed by atoms with van der Waals surface area (Å²) in [6.07, 6.45) is 0. The van der Waals surface area contributed by atoms with Crippen LogP contribution in [0.1, 0.15) is 5.69 Å². The van der Waals surface area contributed by atoms with Crippen LogP contribution in [0, 0.1) is 6.92 Å². The molecule has 3 N–H and O–H groups in total. The number of nitrogens with zero attached hydrogens (tertiary/aromatic N) is 1. The van der Waals surface area contributed by atoms with E-state index in [0.717, 1.165) is 5.69 Å². The van der Waals surface area contributed by atoms with Crippen LogP contribution in [0.15, 0.2) is 12.1 Å². The topological polar surface area (TPSA) is 74.2 Å². The van der Waals surface area contributed by atoms with Crippen LogP contribution in [-0.4, -0.2) is 29.6 Å². The van der Waals surface area contributed by atoms with Crippen LogP contribution >= 0.6 is 0 Å². The van der Waals surface area contributed by atoms with E-state index in [1.807, 2.05) is 0 Å². The first-order valence-corrected chi connectivity index (χ1v) is 4.24. The van der Waals surface area contributed by atoms with E-state index >= 15 is 0 Å². The monoisotopic (exact) mass is 195 g/mol. The molecule has 0 aliphatic rings. The van der Waals surface area contributed by atoms with Crippen molar-refractivity contribution in [1.82, 2.24) is 10.3 Å². The van der Waals surface area contributed by atoms with Crippen molar-refractivity contribution >= 4 is 11.7 Å². The summed E-state index contributed by atoms with van der Waals surface area (Å²) in [5.41, 5.74) is 0.738. The summed E-state index contributed by atoms with van der Waals surface area (Å²) in [5, 5.41) is 14.5. The number of carbonyl (C=O) groups is 1. The van der Waals surface area contributed by atoms with E-state index < -0.39 is 0 Å². The van der Waals surface area contributed by atoms with Crippen molar-refractivity contribution in [3.8, 4) is 5.75 Å². The molecule has 0 unspecified atom stereocenters. The Morgan fingerprint density at radius 3 is 2.93 bits per heavy atom. The Labute approximate surface area is 82.2 Å². The molecule has 1 aromatic heterocycles. The second kappa shape index (κ2) is 4.57. The summed E-state index contributed by atoms with van der Waals surface area (Å²) in [5.74, 6) is -0.0637. The zero-order valence-electron chi connectivity index (χ0n) is 8.16. The van der Waals surface area contributed by atoms with Gasteiger partial charge in [-0.25, -0.2) is 4.98 Å². The number of hydrogen-bond donors (Lipinski definition) is 3. The van der Waals surface area contributed by atoms with Crippen molar-refractivity contribution in [2.45, 2.75) is 6.92 Å². The number of aromatic nitrogens is 1. The molecule has 0 saturated carbocycles. The van der Waals surface area contributed by atoms with Gasteiger partial charge in [0.25, 0.3) is 0 Å². The van der Waals surface area contributed by atoms with Crippen molar-refractivity contribution < 1.29 is 9.90 Å². The molecular weight excluding hydrogens is 182 g/mol. The van der Waals surface area contributed by atoms with E-state index in [4.69, 9.17) is 0 Å². The van der Waals surface area contributed by atoms with Gasteiger partial charge in [0.05, 0.1) is 6.54 Å². The average molecular weight is 195 g/mol. The van der Waals surface area contributed by atoms with Gasteiger partial charge in [0.2, 0.25) is 5.91 Å². The van der Waals surface area contributed by atoms with Crippen LogP contribution in [-0.2, 0) is 4.79 Å². The van der Waals surface area contributed by atoms with Crippen LogP contribution in [0.5, 0.6) is 5.75 Å². The standard InChI is InChI=1S/C9H13N3O2/c1-6-3-4-7(13)9(11-6)12-8(14)5-10-2/h3-4,10,13H,5H2,1-2H3,(H,11,12,14). The van der Waals surface area contributed by atoms with E-state index in [-0.39, 0.29) is 24.0 Å². The molecule has 0 spiro atoms. The maximum Gasteiger partial charge on any atom is 0.239 e. The quantitative estimate of drug-likeness (QED) is 0.646. The summed E-state index contributed by atoms with van der Waals surface area (Å²) in [6.45, 7) is 1.97. The summed E-state index contributed by atoms with van der Waals surface area (Å²) >= 11 is 0. The molecule has 0 fully saturated rings. The molecule has 0 bridgehead atoms. The minimum absolute atomic E-state index is 0.0277. The van der Waals surface area contributed by atoms with Gasteiger partial charge in [0.15, 0.2) is 11.6 Å². The number of anilines is 1. The third-order valence-electron chi connectivity index (χ3n) is 1.61. The number of amides is 1. The predicted molar refractivity (Wildman–Crippen MR) is 53.2 cm³/mol. The Balaban J connectivity index is 2.75.